The van der Waals surface area contributed by atoms with Gasteiger partial charge < -0.3 is 15.2 Å². The molecule has 0 saturated heterocycles. The van der Waals surface area contributed by atoms with Crippen molar-refractivity contribution in [3.63, 3.8) is 0 Å². The average molecular weight is 346 g/mol. The first-order chi connectivity index (χ1) is 12.5. The summed E-state index contributed by atoms with van der Waals surface area (Å²) in [5, 5.41) is 12.7. The highest BCUT2D eigenvalue weighted by Crippen LogP contribution is 2.36. The van der Waals surface area contributed by atoms with Crippen molar-refractivity contribution in [3.05, 3.63) is 83.6 Å². The Bertz CT molecular complexity index is 960. The summed E-state index contributed by atoms with van der Waals surface area (Å²) in [6.45, 7) is 1.94. The number of amidine groups is 1. The zero-order chi connectivity index (χ0) is 18.1. The lowest BCUT2D eigenvalue weighted by molar-refractivity contribution is -0.132. The number of fused-ring (bicyclic) bond motifs is 1. The maximum atomic E-state index is 11.5. The fourth-order valence-electron chi connectivity index (χ4n) is 3.22. The van der Waals surface area contributed by atoms with E-state index in [1.807, 2.05) is 67.6 Å². The van der Waals surface area contributed by atoms with Crippen molar-refractivity contribution in [3.8, 4) is 11.5 Å². The summed E-state index contributed by atoms with van der Waals surface area (Å²) in [4.78, 5) is 16.3. The van der Waals surface area contributed by atoms with Crippen molar-refractivity contribution in [2.45, 2.75) is 18.9 Å². The van der Waals surface area contributed by atoms with Gasteiger partial charge in [0.2, 0.25) is 0 Å². The first kappa shape index (κ1) is 16.1. The lowest BCUT2D eigenvalue weighted by Crippen LogP contribution is -2.31. The summed E-state index contributed by atoms with van der Waals surface area (Å²) in [7, 11) is 0. The highest BCUT2D eigenvalue weighted by molar-refractivity contribution is 6.04. The Morgan fingerprint density at radius 3 is 2.69 bits per heavy atom. The number of hydrogen-bond donors (Lipinski definition) is 2. The number of nitrogens with one attached hydrogen (secondary N) is 1. The summed E-state index contributed by atoms with van der Waals surface area (Å²) in [6, 6.07) is 17.2. The minimum absolute atomic E-state index is 0.259. The second kappa shape index (κ2) is 6.19. The van der Waals surface area contributed by atoms with Gasteiger partial charge in [-0.1, -0.05) is 36.4 Å². The van der Waals surface area contributed by atoms with Gasteiger partial charge in [0.15, 0.2) is 0 Å². The van der Waals surface area contributed by atoms with Gasteiger partial charge in [0.1, 0.15) is 22.9 Å². The van der Waals surface area contributed by atoms with E-state index in [1.165, 1.54) is 0 Å². The molecule has 2 aromatic carbocycles. The average Bonchev–Trinajstić information content (AvgIpc) is 3.00. The summed E-state index contributed by atoms with van der Waals surface area (Å²) >= 11 is 0. The van der Waals surface area contributed by atoms with Crippen LogP contribution in [0.1, 0.15) is 18.9 Å². The van der Waals surface area contributed by atoms with Crippen molar-refractivity contribution in [2.24, 2.45) is 4.99 Å². The molecular formula is C21H18N2O3. The molecule has 0 amide bonds. The van der Waals surface area contributed by atoms with Gasteiger partial charge in [-0.25, -0.2) is 4.79 Å². The van der Waals surface area contributed by atoms with E-state index >= 15 is 0 Å². The molecule has 2 aromatic rings. The van der Waals surface area contributed by atoms with Crippen LogP contribution in [0.25, 0.3) is 0 Å². The zero-order valence-electron chi connectivity index (χ0n) is 14.3. The predicted octanol–water partition coefficient (Wildman–Crippen LogP) is 3.89. The Kier molecular flexibility index (Phi) is 3.84. The largest absolute Gasteiger partial charge is 0.478 e. The van der Waals surface area contributed by atoms with Crippen LogP contribution in [0.2, 0.25) is 0 Å². The van der Waals surface area contributed by atoms with Crippen LogP contribution in [0.5, 0.6) is 11.5 Å². The molecular weight excluding hydrogens is 328 g/mol. The third-order valence-corrected chi connectivity index (χ3v) is 4.53. The van der Waals surface area contributed by atoms with E-state index < -0.39 is 11.5 Å². The van der Waals surface area contributed by atoms with Gasteiger partial charge in [-0.15, -0.1) is 0 Å². The molecule has 0 spiro atoms. The van der Waals surface area contributed by atoms with Gasteiger partial charge in [0.25, 0.3) is 0 Å². The first-order valence-corrected chi connectivity index (χ1v) is 8.40. The molecule has 130 valence electrons. The Morgan fingerprint density at radius 2 is 1.92 bits per heavy atom. The SMILES string of the molecule is CC12CC=CC(C(=O)O)=C1NC(c1cccc(Oc3ccccc3)c1)=N2. The molecule has 1 aliphatic heterocycles. The van der Waals surface area contributed by atoms with Crippen LogP contribution < -0.4 is 10.1 Å². The van der Waals surface area contributed by atoms with Crippen LogP contribution in [0, 0.1) is 0 Å². The van der Waals surface area contributed by atoms with Gasteiger partial charge in [-0.2, -0.15) is 0 Å². The van der Waals surface area contributed by atoms with Gasteiger partial charge in [-0.05, 0) is 43.7 Å². The van der Waals surface area contributed by atoms with Crippen molar-refractivity contribution >= 4 is 11.8 Å². The Labute approximate surface area is 151 Å². The number of ether oxygens (including phenoxy) is 1. The van der Waals surface area contributed by atoms with Gasteiger partial charge >= 0.3 is 5.97 Å². The maximum absolute atomic E-state index is 11.5. The van der Waals surface area contributed by atoms with E-state index in [4.69, 9.17) is 9.73 Å². The lowest BCUT2D eigenvalue weighted by atomic mass is 9.87. The third kappa shape index (κ3) is 2.88. The van der Waals surface area contributed by atoms with Gasteiger partial charge in [0, 0.05) is 5.56 Å². The Hall–Kier alpha value is -3.34. The number of aliphatic imine (C=N–C) groups is 1. The monoisotopic (exact) mass is 346 g/mol. The van der Waals surface area contributed by atoms with E-state index in [0.29, 0.717) is 23.7 Å². The highest BCUT2D eigenvalue weighted by Gasteiger charge is 2.39. The van der Waals surface area contributed by atoms with Crippen molar-refractivity contribution < 1.29 is 14.6 Å². The number of para-hydroxylation sites is 1. The summed E-state index contributed by atoms with van der Waals surface area (Å²) in [6.07, 6.45) is 4.16. The van der Waals surface area contributed by atoms with Crippen LogP contribution in [0.3, 0.4) is 0 Å². The van der Waals surface area contributed by atoms with Crippen LogP contribution in [-0.4, -0.2) is 22.5 Å². The highest BCUT2D eigenvalue weighted by atomic mass is 16.5. The molecule has 1 unspecified atom stereocenters. The van der Waals surface area contributed by atoms with Crippen molar-refractivity contribution in [1.29, 1.82) is 0 Å². The molecule has 5 nitrogen and oxygen atoms in total. The van der Waals surface area contributed by atoms with E-state index in [9.17, 15) is 9.90 Å². The van der Waals surface area contributed by atoms with Gasteiger partial charge in [-0.3, -0.25) is 4.99 Å². The quantitative estimate of drug-likeness (QED) is 0.881. The number of carboxylic acids is 1. The fourth-order valence-corrected chi connectivity index (χ4v) is 3.22. The molecule has 1 heterocycles. The molecule has 5 heteroatoms. The van der Waals surface area contributed by atoms with E-state index in [1.54, 1.807) is 6.08 Å². The van der Waals surface area contributed by atoms with E-state index in [0.717, 1.165) is 11.3 Å². The van der Waals surface area contributed by atoms with Crippen molar-refractivity contribution in [1.82, 2.24) is 5.32 Å². The minimum Gasteiger partial charge on any atom is -0.478 e. The molecule has 0 aromatic heterocycles. The Morgan fingerprint density at radius 1 is 1.15 bits per heavy atom. The summed E-state index contributed by atoms with van der Waals surface area (Å²) in [5.74, 6) is 1.16. The number of carboxylic acid groups (broad SMARTS) is 1. The lowest BCUT2D eigenvalue weighted by Gasteiger charge is -2.25. The van der Waals surface area contributed by atoms with Crippen LogP contribution in [0.15, 0.2) is 83.0 Å². The smallest absolute Gasteiger partial charge is 0.337 e. The number of benzene rings is 2. The molecule has 0 saturated carbocycles. The number of nitrogens with zero attached hydrogens (tertiary/aromatic N) is 1. The molecule has 0 bridgehead atoms. The molecule has 0 fully saturated rings. The topological polar surface area (TPSA) is 70.9 Å². The first-order valence-electron chi connectivity index (χ1n) is 8.40. The van der Waals surface area contributed by atoms with Crippen LogP contribution >= 0.6 is 0 Å². The van der Waals surface area contributed by atoms with E-state index in [2.05, 4.69) is 5.32 Å². The predicted molar refractivity (Wildman–Crippen MR) is 99.5 cm³/mol. The second-order valence-electron chi connectivity index (χ2n) is 6.50. The minimum atomic E-state index is -0.952. The zero-order valence-corrected chi connectivity index (χ0v) is 14.3. The van der Waals surface area contributed by atoms with Crippen molar-refractivity contribution in [2.75, 3.05) is 0 Å². The van der Waals surface area contributed by atoms with E-state index in [-0.39, 0.29) is 5.57 Å². The molecule has 0 radical (unpaired) electrons. The standard InChI is InChI=1S/C21H18N2O3/c1-21-12-6-11-17(20(24)25)18(21)22-19(23-21)14-7-5-10-16(13-14)26-15-8-3-2-4-9-15/h2-11,13H,12H2,1H3,(H,22,23)(H,24,25). The van der Waals surface area contributed by atoms with Crippen LogP contribution in [0.4, 0.5) is 0 Å². The summed E-state index contributed by atoms with van der Waals surface area (Å²) < 4.78 is 5.88. The molecule has 2 N–H and O–H groups in total. The Balaban J connectivity index is 1.65. The molecule has 2 aliphatic rings. The fraction of sp³-hybridized carbons (Fsp3) is 0.143. The maximum Gasteiger partial charge on any atom is 0.337 e. The summed E-state index contributed by atoms with van der Waals surface area (Å²) in [5.41, 5.74) is 1.17. The third-order valence-electron chi connectivity index (χ3n) is 4.53. The van der Waals surface area contributed by atoms with Crippen LogP contribution in [-0.2, 0) is 4.79 Å². The molecule has 1 aliphatic carbocycles. The number of rotatable bonds is 4. The molecule has 1 atom stereocenters. The number of hydrogen-bond acceptors (Lipinski definition) is 4. The number of aliphatic carboxylic acids is 1. The van der Waals surface area contributed by atoms with Gasteiger partial charge in [0.05, 0.1) is 11.3 Å². The number of carbonyl (C=O) groups is 1. The normalized spacial score (nSPS) is 21.0. The molecule has 26 heavy (non-hydrogen) atoms. The molecule has 4 rings (SSSR count). The second-order valence-corrected chi connectivity index (χ2v) is 6.50.